The number of nitrogens with one attached hydrogen (secondary N) is 1. The molecule has 0 aromatic heterocycles. The van der Waals surface area contributed by atoms with Gasteiger partial charge >= 0.3 is 0 Å². The van der Waals surface area contributed by atoms with Gasteiger partial charge in [0, 0.05) is 31.9 Å². The molecule has 0 spiro atoms. The minimum atomic E-state index is -0.575. The predicted octanol–water partition coefficient (Wildman–Crippen LogP) is 2.64. The van der Waals surface area contributed by atoms with Crippen LogP contribution in [0.15, 0.2) is 18.2 Å². The lowest BCUT2D eigenvalue weighted by molar-refractivity contribution is -0.385. The molecule has 0 radical (unpaired) electrons. The number of non-ortho nitro benzene ring substituents is 1. The Bertz CT molecular complexity index is 475. The van der Waals surface area contributed by atoms with Gasteiger partial charge in [0.2, 0.25) is 0 Å². The van der Waals surface area contributed by atoms with Crippen LogP contribution in [0.5, 0.6) is 0 Å². The Morgan fingerprint density at radius 2 is 2.15 bits per heavy atom. The molecule has 1 unspecified atom stereocenters. The fraction of sp³-hybridized carbons (Fsp3) is 0.571. The smallest absolute Gasteiger partial charge is 0.272 e. The van der Waals surface area contributed by atoms with Crippen molar-refractivity contribution in [3.8, 4) is 0 Å². The molecule has 1 aromatic carbocycles. The molecule has 0 bridgehead atoms. The van der Waals surface area contributed by atoms with Crippen molar-refractivity contribution >= 4 is 5.69 Å². The maximum Gasteiger partial charge on any atom is 0.272 e. The van der Waals surface area contributed by atoms with Crippen molar-refractivity contribution < 1.29 is 14.1 Å². The third-order valence-corrected chi connectivity index (χ3v) is 3.75. The van der Waals surface area contributed by atoms with E-state index in [4.69, 9.17) is 4.74 Å². The summed E-state index contributed by atoms with van der Waals surface area (Å²) in [7, 11) is 0. The van der Waals surface area contributed by atoms with Crippen molar-refractivity contribution in [2.45, 2.75) is 32.4 Å². The summed E-state index contributed by atoms with van der Waals surface area (Å²) >= 11 is 0. The molecule has 2 rings (SSSR count). The standard InChI is InChI=1S/C14H19FN2O3/c1-10(12-2-4-20-5-3-12)16-9-11-6-13(15)8-14(7-11)17(18)19/h6-8,10,12,16H,2-5,9H2,1H3. The number of hydrogen-bond donors (Lipinski definition) is 1. The van der Waals surface area contributed by atoms with Crippen LogP contribution in [0.4, 0.5) is 10.1 Å². The number of halogens is 1. The third kappa shape index (κ3) is 3.98. The maximum absolute atomic E-state index is 13.3. The zero-order valence-electron chi connectivity index (χ0n) is 11.5. The van der Waals surface area contributed by atoms with Gasteiger partial charge in [-0.25, -0.2) is 4.39 Å². The van der Waals surface area contributed by atoms with Crippen LogP contribution in [-0.2, 0) is 11.3 Å². The van der Waals surface area contributed by atoms with Crippen LogP contribution in [0, 0.1) is 21.8 Å². The average Bonchev–Trinajstić information content (AvgIpc) is 2.45. The van der Waals surface area contributed by atoms with Crippen molar-refractivity contribution in [3.05, 3.63) is 39.7 Å². The summed E-state index contributed by atoms with van der Waals surface area (Å²) in [5.74, 6) is -0.0398. The number of nitro benzene ring substituents is 1. The topological polar surface area (TPSA) is 64.4 Å². The molecule has 0 saturated carbocycles. The molecule has 1 saturated heterocycles. The molecular formula is C14H19FN2O3. The summed E-state index contributed by atoms with van der Waals surface area (Å²) in [5.41, 5.74) is 0.385. The molecule has 1 fully saturated rings. The van der Waals surface area contributed by atoms with Gasteiger partial charge in [-0.3, -0.25) is 10.1 Å². The van der Waals surface area contributed by atoms with E-state index < -0.39 is 10.7 Å². The second kappa shape index (κ2) is 6.76. The Hall–Kier alpha value is -1.53. The lowest BCUT2D eigenvalue weighted by atomic mass is 9.93. The van der Waals surface area contributed by atoms with Gasteiger partial charge in [0.1, 0.15) is 5.82 Å². The lowest BCUT2D eigenvalue weighted by Gasteiger charge is -2.28. The molecule has 20 heavy (non-hydrogen) atoms. The Labute approximate surface area is 117 Å². The van der Waals surface area contributed by atoms with E-state index in [0.29, 0.717) is 18.0 Å². The summed E-state index contributed by atoms with van der Waals surface area (Å²) in [4.78, 5) is 10.1. The first-order valence-corrected chi connectivity index (χ1v) is 6.81. The van der Waals surface area contributed by atoms with Crippen molar-refractivity contribution in [1.29, 1.82) is 0 Å². The van der Waals surface area contributed by atoms with Crippen LogP contribution in [0.3, 0.4) is 0 Å². The molecule has 0 aliphatic carbocycles. The van der Waals surface area contributed by atoms with E-state index in [1.54, 1.807) is 0 Å². The van der Waals surface area contributed by atoms with Crippen LogP contribution in [-0.4, -0.2) is 24.2 Å². The van der Waals surface area contributed by atoms with E-state index >= 15 is 0 Å². The molecule has 0 amide bonds. The quantitative estimate of drug-likeness (QED) is 0.666. The summed E-state index contributed by atoms with van der Waals surface area (Å²) in [6.45, 7) is 4.07. The first-order chi connectivity index (χ1) is 9.56. The van der Waals surface area contributed by atoms with E-state index in [1.165, 1.54) is 12.1 Å². The van der Waals surface area contributed by atoms with Gasteiger partial charge in [0.25, 0.3) is 5.69 Å². The number of nitro groups is 1. The van der Waals surface area contributed by atoms with Gasteiger partial charge in [-0.05, 0) is 37.3 Å². The molecule has 1 aliphatic heterocycles. The van der Waals surface area contributed by atoms with Crippen molar-refractivity contribution in [2.24, 2.45) is 5.92 Å². The molecule has 6 heteroatoms. The minimum Gasteiger partial charge on any atom is -0.381 e. The molecular weight excluding hydrogens is 263 g/mol. The monoisotopic (exact) mass is 282 g/mol. The van der Waals surface area contributed by atoms with E-state index in [2.05, 4.69) is 12.2 Å². The van der Waals surface area contributed by atoms with Crippen LogP contribution in [0.2, 0.25) is 0 Å². The van der Waals surface area contributed by atoms with Gasteiger partial charge in [-0.1, -0.05) is 0 Å². The predicted molar refractivity (Wildman–Crippen MR) is 72.9 cm³/mol. The normalized spacial score (nSPS) is 17.9. The van der Waals surface area contributed by atoms with Gasteiger partial charge < -0.3 is 10.1 Å². The summed E-state index contributed by atoms with van der Waals surface area (Å²) in [6.07, 6.45) is 2.02. The van der Waals surface area contributed by atoms with Gasteiger partial charge in [-0.15, -0.1) is 0 Å². The van der Waals surface area contributed by atoms with Crippen LogP contribution >= 0.6 is 0 Å². The number of rotatable bonds is 5. The van der Waals surface area contributed by atoms with E-state index in [0.717, 1.165) is 32.1 Å². The maximum atomic E-state index is 13.3. The van der Waals surface area contributed by atoms with Crippen molar-refractivity contribution in [2.75, 3.05) is 13.2 Å². The Balaban J connectivity index is 1.94. The number of hydrogen-bond acceptors (Lipinski definition) is 4. The molecule has 1 aromatic rings. The van der Waals surface area contributed by atoms with Gasteiger partial charge in [0.05, 0.1) is 11.0 Å². The van der Waals surface area contributed by atoms with E-state index in [9.17, 15) is 14.5 Å². The third-order valence-electron chi connectivity index (χ3n) is 3.75. The lowest BCUT2D eigenvalue weighted by Crippen LogP contribution is -2.36. The van der Waals surface area contributed by atoms with E-state index in [1.807, 2.05) is 0 Å². The number of nitrogens with zero attached hydrogens (tertiary/aromatic N) is 1. The minimum absolute atomic E-state index is 0.208. The summed E-state index contributed by atoms with van der Waals surface area (Å²) in [5, 5.41) is 14.0. The van der Waals surface area contributed by atoms with Crippen molar-refractivity contribution in [3.63, 3.8) is 0 Å². The molecule has 1 aliphatic rings. The molecule has 1 N–H and O–H groups in total. The largest absolute Gasteiger partial charge is 0.381 e. The Kier molecular flexibility index (Phi) is 5.03. The number of ether oxygens (including phenoxy) is 1. The second-order valence-corrected chi connectivity index (χ2v) is 5.19. The molecule has 110 valence electrons. The zero-order valence-corrected chi connectivity index (χ0v) is 11.5. The zero-order chi connectivity index (χ0) is 14.5. The van der Waals surface area contributed by atoms with Crippen LogP contribution in [0.25, 0.3) is 0 Å². The van der Waals surface area contributed by atoms with Crippen LogP contribution < -0.4 is 5.32 Å². The summed E-state index contributed by atoms with van der Waals surface area (Å²) in [6, 6.07) is 3.95. The highest BCUT2D eigenvalue weighted by atomic mass is 19.1. The van der Waals surface area contributed by atoms with Gasteiger partial charge in [-0.2, -0.15) is 0 Å². The molecule has 1 atom stereocenters. The first-order valence-electron chi connectivity index (χ1n) is 6.81. The van der Waals surface area contributed by atoms with Crippen LogP contribution in [0.1, 0.15) is 25.3 Å². The highest BCUT2D eigenvalue weighted by Crippen LogP contribution is 2.20. The Morgan fingerprint density at radius 1 is 1.45 bits per heavy atom. The number of benzene rings is 1. The molecule has 5 nitrogen and oxygen atoms in total. The second-order valence-electron chi connectivity index (χ2n) is 5.19. The SMILES string of the molecule is CC(NCc1cc(F)cc([N+](=O)[O-])c1)C1CCOCC1. The van der Waals surface area contributed by atoms with Crippen molar-refractivity contribution in [1.82, 2.24) is 5.32 Å². The molecule has 1 heterocycles. The highest BCUT2D eigenvalue weighted by molar-refractivity contribution is 5.35. The highest BCUT2D eigenvalue weighted by Gasteiger charge is 2.20. The summed E-state index contributed by atoms with van der Waals surface area (Å²) < 4.78 is 18.6. The first kappa shape index (κ1) is 14.9. The van der Waals surface area contributed by atoms with E-state index in [-0.39, 0.29) is 11.7 Å². The Morgan fingerprint density at radius 3 is 2.80 bits per heavy atom. The van der Waals surface area contributed by atoms with Gasteiger partial charge in [0.15, 0.2) is 0 Å². The fourth-order valence-corrected chi connectivity index (χ4v) is 2.50. The fourth-order valence-electron chi connectivity index (χ4n) is 2.50. The average molecular weight is 282 g/mol.